The van der Waals surface area contributed by atoms with Gasteiger partial charge >= 0.3 is 6.18 Å². The topological polar surface area (TPSA) is 93.6 Å². The molecule has 0 radical (unpaired) electrons. The van der Waals surface area contributed by atoms with Crippen molar-refractivity contribution in [3.8, 4) is 10.4 Å². The van der Waals surface area contributed by atoms with Crippen LogP contribution in [-0.4, -0.2) is 21.5 Å². The van der Waals surface area contributed by atoms with E-state index in [4.69, 9.17) is 11.5 Å². The Morgan fingerprint density at radius 1 is 1.00 bits per heavy atom. The van der Waals surface area contributed by atoms with Gasteiger partial charge in [0.1, 0.15) is 0 Å². The number of imidazole rings is 1. The lowest BCUT2D eigenvalue weighted by molar-refractivity contribution is -0.137. The van der Waals surface area contributed by atoms with Gasteiger partial charge in [-0.05, 0) is 28.8 Å². The molecule has 4 rings (SSSR count). The van der Waals surface area contributed by atoms with Crippen LogP contribution in [0.15, 0.2) is 55.0 Å². The quantitative estimate of drug-likeness (QED) is 0.482. The molecule has 0 saturated carbocycles. The Bertz CT molecular complexity index is 1120. The largest absolute Gasteiger partial charge is 0.443 e. The van der Waals surface area contributed by atoms with Gasteiger partial charge in [-0.15, -0.1) is 11.3 Å². The molecule has 0 bridgehead atoms. The summed E-state index contributed by atoms with van der Waals surface area (Å²) in [5.41, 5.74) is 15.6. The molecule has 0 saturated heterocycles. The predicted octanol–water partition coefficient (Wildman–Crippen LogP) is 3.87. The highest BCUT2D eigenvalue weighted by atomic mass is 32.1. The van der Waals surface area contributed by atoms with E-state index >= 15 is 0 Å². The maximum atomic E-state index is 12.8. The van der Waals surface area contributed by atoms with Crippen molar-refractivity contribution in [2.75, 3.05) is 6.54 Å². The van der Waals surface area contributed by atoms with Crippen LogP contribution in [0.4, 0.5) is 13.2 Å². The van der Waals surface area contributed by atoms with E-state index in [0.717, 1.165) is 22.2 Å². The molecule has 0 aliphatic heterocycles. The van der Waals surface area contributed by atoms with Crippen LogP contribution in [0.25, 0.3) is 21.5 Å². The molecule has 0 aliphatic carbocycles. The molecule has 0 amide bonds. The summed E-state index contributed by atoms with van der Waals surface area (Å²) in [6.07, 6.45) is -1.61. The van der Waals surface area contributed by atoms with E-state index in [0.29, 0.717) is 21.8 Å². The average Bonchev–Trinajstić information content (AvgIpc) is 3.36. The maximum absolute atomic E-state index is 12.8. The second-order valence-electron chi connectivity index (χ2n) is 6.41. The molecule has 144 valence electrons. The van der Waals surface area contributed by atoms with Gasteiger partial charge in [-0.3, -0.25) is 0 Å². The second-order valence-corrected chi connectivity index (χ2v) is 7.45. The smallest absolute Gasteiger partial charge is 0.345 e. The summed E-state index contributed by atoms with van der Waals surface area (Å²) in [6.45, 7) is 0.158. The van der Waals surface area contributed by atoms with Crippen LogP contribution >= 0.6 is 11.3 Å². The standard InChI is InChI=1S/C19H16F3N5S/c20-19(21,22)17-25-8-16(28-17)11-1-3-12(4-2-11)18(24,9-23)13-5-6-14-15(7-13)27-10-26-14/h1-8,10H,9,23-24H2,(H,26,27). The van der Waals surface area contributed by atoms with Gasteiger partial charge in [-0.1, -0.05) is 30.3 Å². The number of halogens is 3. The summed E-state index contributed by atoms with van der Waals surface area (Å²) in [7, 11) is 0. The van der Waals surface area contributed by atoms with Gasteiger partial charge in [0.25, 0.3) is 0 Å². The number of aromatic amines is 1. The zero-order valence-electron chi connectivity index (χ0n) is 14.5. The summed E-state index contributed by atoms with van der Waals surface area (Å²) in [5.74, 6) is 0. The molecule has 2 heterocycles. The molecule has 28 heavy (non-hydrogen) atoms. The van der Waals surface area contributed by atoms with E-state index in [1.54, 1.807) is 30.6 Å². The Morgan fingerprint density at radius 3 is 2.36 bits per heavy atom. The van der Waals surface area contributed by atoms with Crippen molar-refractivity contribution in [1.29, 1.82) is 0 Å². The van der Waals surface area contributed by atoms with Gasteiger partial charge in [0.15, 0.2) is 5.01 Å². The first-order valence-corrected chi connectivity index (χ1v) is 9.19. The van der Waals surface area contributed by atoms with Crippen LogP contribution in [0.1, 0.15) is 16.1 Å². The van der Waals surface area contributed by atoms with Crippen LogP contribution < -0.4 is 11.5 Å². The molecule has 1 unspecified atom stereocenters. The molecular weight excluding hydrogens is 387 g/mol. The summed E-state index contributed by atoms with van der Waals surface area (Å²) in [6, 6.07) is 12.7. The number of alkyl halides is 3. The molecule has 0 spiro atoms. The number of benzene rings is 2. The molecule has 2 aromatic carbocycles. The van der Waals surface area contributed by atoms with Crippen LogP contribution in [-0.2, 0) is 11.7 Å². The van der Waals surface area contributed by atoms with Crippen molar-refractivity contribution in [1.82, 2.24) is 15.0 Å². The van der Waals surface area contributed by atoms with Gasteiger partial charge in [-0.2, -0.15) is 13.2 Å². The minimum Gasteiger partial charge on any atom is -0.345 e. The van der Waals surface area contributed by atoms with Gasteiger partial charge in [-0.25, -0.2) is 9.97 Å². The van der Waals surface area contributed by atoms with E-state index in [1.807, 2.05) is 18.2 Å². The van der Waals surface area contributed by atoms with E-state index in [1.165, 1.54) is 6.20 Å². The van der Waals surface area contributed by atoms with Gasteiger partial charge in [0.2, 0.25) is 0 Å². The van der Waals surface area contributed by atoms with Crippen LogP contribution in [0.3, 0.4) is 0 Å². The molecule has 5 nitrogen and oxygen atoms in total. The highest BCUT2D eigenvalue weighted by Crippen LogP contribution is 2.37. The number of aromatic nitrogens is 3. The van der Waals surface area contributed by atoms with Crippen molar-refractivity contribution in [3.05, 3.63) is 71.1 Å². The summed E-state index contributed by atoms with van der Waals surface area (Å²) in [4.78, 5) is 11.1. The van der Waals surface area contributed by atoms with Crippen LogP contribution in [0.2, 0.25) is 0 Å². The first-order chi connectivity index (χ1) is 13.3. The third kappa shape index (κ3) is 3.17. The fraction of sp³-hybridized carbons (Fsp3) is 0.158. The second kappa shape index (κ2) is 6.69. The molecule has 9 heteroatoms. The SMILES string of the molecule is NCC(N)(c1ccc(-c2cnc(C(F)(F)F)s2)cc1)c1ccc2nc[nH]c2c1. The number of nitrogens with zero attached hydrogens (tertiary/aromatic N) is 2. The monoisotopic (exact) mass is 403 g/mol. The number of H-pyrrole nitrogens is 1. The lowest BCUT2D eigenvalue weighted by Crippen LogP contribution is -2.45. The fourth-order valence-corrected chi connectivity index (χ4v) is 3.87. The van der Waals surface area contributed by atoms with Gasteiger partial charge in [0.05, 0.1) is 27.8 Å². The number of nitrogens with one attached hydrogen (secondary N) is 1. The number of thiazole rings is 1. The normalized spacial score (nSPS) is 14.3. The molecule has 0 fully saturated rings. The predicted molar refractivity (Wildman–Crippen MR) is 103 cm³/mol. The molecule has 4 aromatic rings. The molecule has 5 N–H and O–H groups in total. The summed E-state index contributed by atoms with van der Waals surface area (Å²) >= 11 is 0.608. The molecular formula is C19H16F3N5S. The van der Waals surface area contributed by atoms with E-state index in [-0.39, 0.29) is 6.54 Å². The van der Waals surface area contributed by atoms with Crippen molar-refractivity contribution in [2.45, 2.75) is 11.7 Å². The fourth-order valence-electron chi connectivity index (χ4n) is 3.09. The molecule has 2 aromatic heterocycles. The Morgan fingerprint density at radius 2 is 1.71 bits per heavy atom. The molecule has 0 aliphatic rings. The minimum atomic E-state index is -4.44. The Balaban J connectivity index is 1.68. The summed E-state index contributed by atoms with van der Waals surface area (Å²) in [5, 5.41) is -0.866. The number of rotatable bonds is 4. The van der Waals surface area contributed by atoms with Gasteiger partial charge in [0, 0.05) is 12.7 Å². The highest BCUT2D eigenvalue weighted by Gasteiger charge is 2.34. The van der Waals surface area contributed by atoms with Gasteiger partial charge < -0.3 is 16.5 Å². The first-order valence-electron chi connectivity index (χ1n) is 8.38. The number of fused-ring (bicyclic) bond motifs is 1. The third-order valence-electron chi connectivity index (χ3n) is 4.69. The Labute approximate surface area is 162 Å². The van der Waals surface area contributed by atoms with Crippen molar-refractivity contribution < 1.29 is 13.2 Å². The van der Waals surface area contributed by atoms with E-state index in [9.17, 15) is 13.2 Å². The number of nitrogens with two attached hydrogens (primary N) is 2. The highest BCUT2D eigenvalue weighted by molar-refractivity contribution is 7.15. The molecule has 1 atom stereocenters. The zero-order valence-corrected chi connectivity index (χ0v) is 15.3. The van der Waals surface area contributed by atoms with Crippen LogP contribution in [0.5, 0.6) is 0 Å². The van der Waals surface area contributed by atoms with Crippen molar-refractivity contribution in [3.63, 3.8) is 0 Å². The lowest BCUT2D eigenvalue weighted by atomic mass is 9.83. The van der Waals surface area contributed by atoms with Crippen LogP contribution in [0, 0.1) is 0 Å². The van der Waals surface area contributed by atoms with Crippen molar-refractivity contribution >= 4 is 22.4 Å². The van der Waals surface area contributed by atoms with E-state index in [2.05, 4.69) is 15.0 Å². The third-order valence-corrected chi connectivity index (χ3v) is 5.78. The van der Waals surface area contributed by atoms with E-state index < -0.39 is 16.7 Å². The summed E-state index contributed by atoms with van der Waals surface area (Å²) < 4.78 is 38.3. The average molecular weight is 403 g/mol. The minimum absolute atomic E-state index is 0.158. The lowest BCUT2D eigenvalue weighted by Gasteiger charge is -2.29. The number of hydrogen-bond donors (Lipinski definition) is 3. The first kappa shape index (κ1) is 18.6. The maximum Gasteiger partial charge on any atom is 0.443 e. The van der Waals surface area contributed by atoms with Crippen molar-refractivity contribution in [2.24, 2.45) is 11.5 Å². The number of hydrogen-bond acceptors (Lipinski definition) is 5. The zero-order chi connectivity index (χ0) is 19.9. The Kier molecular flexibility index (Phi) is 4.45. The Hall–Kier alpha value is -2.75.